The maximum Gasteiger partial charge on any atom is 0.416 e. The Hall–Kier alpha value is -2.50. The van der Waals surface area contributed by atoms with E-state index in [-0.39, 0.29) is 11.9 Å². The average Bonchev–Trinajstić information content (AvgIpc) is 2.89. The van der Waals surface area contributed by atoms with E-state index < -0.39 is 11.7 Å². The zero-order chi connectivity index (χ0) is 15.9. The van der Waals surface area contributed by atoms with Crippen molar-refractivity contribution in [1.29, 1.82) is 5.41 Å². The number of nitrogens with one attached hydrogen (secondary N) is 1. The van der Waals surface area contributed by atoms with Crippen molar-refractivity contribution in [2.75, 3.05) is 0 Å². The summed E-state index contributed by atoms with van der Waals surface area (Å²) >= 11 is 0. The first-order chi connectivity index (χ1) is 10.3. The number of halogens is 3. The molecule has 6 heteroatoms. The quantitative estimate of drug-likeness (QED) is 0.657. The van der Waals surface area contributed by atoms with Crippen LogP contribution in [0.3, 0.4) is 0 Å². The van der Waals surface area contributed by atoms with E-state index >= 15 is 0 Å². The summed E-state index contributed by atoms with van der Waals surface area (Å²) < 4.78 is 43.9. The summed E-state index contributed by atoms with van der Waals surface area (Å²) in [4.78, 5) is 0. The van der Waals surface area contributed by atoms with Crippen LogP contribution in [0.2, 0.25) is 0 Å². The van der Waals surface area contributed by atoms with E-state index in [0.717, 1.165) is 17.7 Å². The first kappa shape index (κ1) is 14.4. The summed E-state index contributed by atoms with van der Waals surface area (Å²) in [5.41, 5.74) is 6.67. The minimum Gasteiger partial charge on any atom is -0.485 e. The van der Waals surface area contributed by atoms with Gasteiger partial charge < -0.3 is 10.5 Å². The molecule has 1 aliphatic rings. The molecule has 1 aliphatic heterocycles. The van der Waals surface area contributed by atoms with Crippen LogP contribution >= 0.6 is 0 Å². The molecule has 0 saturated heterocycles. The Labute approximate surface area is 125 Å². The van der Waals surface area contributed by atoms with Gasteiger partial charge in [0, 0.05) is 12.0 Å². The molecular formula is C16H13F3N2O. The molecule has 3 rings (SSSR count). The highest BCUT2D eigenvalue weighted by molar-refractivity contribution is 5.95. The summed E-state index contributed by atoms with van der Waals surface area (Å²) in [6.45, 7) is 0. The lowest BCUT2D eigenvalue weighted by Gasteiger charge is -2.12. The van der Waals surface area contributed by atoms with Gasteiger partial charge in [-0.25, -0.2) is 0 Å². The molecule has 1 atom stereocenters. The average molecular weight is 306 g/mol. The maximum absolute atomic E-state index is 12.7. The van der Waals surface area contributed by atoms with E-state index in [1.54, 1.807) is 18.2 Å². The molecular weight excluding hydrogens is 293 g/mol. The van der Waals surface area contributed by atoms with Crippen LogP contribution in [0.1, 0.15) is 28.4 Å². The standard InChI is InChI=1S/C16H13F3N2O/c17-16(18,19)12-4-5-13-11(7-12)8-14(22-13)9-2-1-3-10(6-9)15(20)21/h1-7,14H,8H2,(H3,20,21). The lowest BCUT2D eigenvalue weighted by atomic mass is 10.0. The fourth-order valence-electron chi connectivity index (χ4n) is 2.52. The van der Waals surface area contributed by atoms with E-state index in [4.69, 9.17) is 15.9 Å². The van der Waals surface area contributed by atoms with Gasteiger partial charge in [-0.15, -0.1) is 0 Å². The van der Waals surface area contributed by atoms with Gasteiger partial charge >= 0.3 is 6.18 Å². The molecule has 2 aromatic rings. The van der Waals surface area contributed by atoms with Gasteiger partial charge in [0.25, 0.3) is 0 Å². The third kappa shape index (κ3) is 2.64. The maximum atomic E-state index is 12.7. The summed E-state index contributed by atoms with van der Waals surface area (Å²) in [5, 5.41) is 7.44. The smallest absolute Gasteiger partial charge is 0.416 e. The van der Waals surface area contributed by atoms with Gasteiger partial charge in [0.05, 0.1) is 5.56 Å². The Morgan fingerprint density at radius 2 is 1.95 bits per heavy atom. The third-order valence-electron chi connectivity index (χ3n) is 3.63. The molecule has 0 radical (unpaired) electrons. The molecule has 114 valence electrons. The monoisotopic (exact) mass is 306 g/mol. The highest BCUT2D eigenvalue weighted by atomic mass is 19.4. The molecule has 0 aliphatic carbocycles. The number of nitrogens with two attached hydrogens (primary N) is 1. The molecule has 0 amide bonds. The molecule has 0 bridgehead atoms. The molecule has 22 heavy (non-hydrogen) atoms. The van der Waals surface area contributed by atoms with Crippen LogP contribution in [0.4, 0.5) is 13.2 Å². The lowest BCUT2D eigenvalue weighted by molar-refractivity contribution is -0.137. The summed E-state index contributed by atoms with van der Waals surface area (Å²) in [5.74, 6) is 0.406. The normalized spacial score (nSPS) is 17.0. The van der Waals surface area contributed by atoms with E-state index in [0.29, 0.717) is 23.3 Å². The van der Waals surface area contributed by atoms with Crippen molar-refractivity contribution in [1.82, 2.24) is 0 Å². The van der Waals surface area contributed by atoms with Gasteiger partial charge in [-0.1, -0.05) is 18.2 Å². The van der Waals surface area contributed by atoms with Crippen molar-refractivity contribution in [3.63, 3.8) is 0 Å². The van der Waals surface area contributed by atoms with E-state index in [2.05, 4.69) is 0 Å². The van der Waals surface area contributed by atoms with Gasteiger partial charge in [-0.05, 0) is 35.4 Å². The van der Waals surface area contributed by atoms with Crippen molar-refractivity contribution in [3.05, 3.63) is 64.7 Å². The van der Waals surface area contributed by atoms with E-state index in [1.807, 2.05) is 6.07 Å². The second kappa shape index (κ2) is 5.05. The zero-order valence-corrected chi connectivity index (χ0v) is 11.4. The number of amidine groups is 1. The fourth-order valence-corrected chi connectivity index (χ4v) is 2.52. The number of nitrogen functional groups attached to an aromatic ring is 1. The number of ether oxygens (including phenoxy) is 1. The van der Waals surface area contributed by atoms with Gasteiger partial charge in [0.2, 0.25) is 0 Å². The van der Waals surface area contributed by atoms with Gasteiger partial charge in [0.15, 0.2) is 0 Å². The molecule has 2 aromatic carbocycles. The van der Waals surface area contributed by atoms with Crippen LogP contribution in [-0.4, -0.2) is 5.84 Å². The zero-order valence-electron chi connectivity index (χ0n) is 11.4. The number of hydrogen-bond acceptors (Lipinski definition) is 2. The lowest BCUT2D eigenvalue weighted by Crippen LogP contribution is -2.12. The van der Waals surface area contributed by atoms with Crippen LogP contribution in [0.25, 0.3) is 0 Å². The van der Waals surface area contributed by atoms with Gasteiger partial charge in [-0.2, -0.15) is 13.2 Å². The molecule has 1 unspecified atom stereocenters. The number of alkyl halides is 3. The minimum atomic E-state index is -4.36. The number of fused-ring (bicyclic) bond motifs is 1. The first-order valence-electron chi connectivity index (χ1n) is 6.66. The van der Waals surface area contributed by atoms with Crippen LogP contribution in [0.5, 0.6) is 5.75 Å². The van der Waals surface area contributed by atoms with E-state index in [9.17, 15) is 13.2 Å². The molecule has 0 saturated carbocycles. The van der Waals surface area contributed by atoms with Crippen molar-refractivity contribution in [2.24, 2.45) is 5.73 Å². The second-order valence-electron chi connectivity index (χ2n) is 5.17. The SMILES string of the molecule is N=C(N)c1cccc(C2Cc3cc(C(F)(F)F)ccc3O2)c1. The fraction of sp³-hybridized carbons (Fsp3) is 0.188. The largest absolute Gasteiger partial charge is 0.485 e. The Balaban J connectivity index is 1.88. The first-order valence-corrected chi connectivity index (χ1v) is 6.66. The highest BCUT2D eigenvalue weighted by Crippen LogP contribution is 2.40. The number of benzene rings is 2. The molecule has 0 aromatic heterocycles. The summed E-state index contributed by atoms with van der Waals surface area (Å²) in [7, 11) is 0. The molecule has 3 nitrogen and oxygen atoms in total. The Morgan fingerprint density at radius 3 is 2.64 bits per heavy atom. The second-order valence-corrected chi connectivity index (χ2v) is 5.17. The molecule has 3 N–H and O–H groups in total. The summed E-state index contributed by atoms with van der Waals surface area (Å²) in [6, 6.07) is 10.5. The molecule has 0 fully saturated rings. The van der Waals surface area contributed by atoms with Crippen LogP contribution < -0.4 is 10.5 Å². The van der Waals surface area contributed by atoms with Gasteiger partial charge in [0.1, 0.15) is 17.7 Å². The van der Waals surface area contributed by atoms with Crippen LogP contribution in [0, 0.1) is 5.41 Å². The van der Waals surface area contributed by atoms with Crippen molar-refractivity contribution < 1.29 is 17.9 Å². The number of hydrogen-bond donors (Lipinski definition) is 2. The van der Waals surface area contributed by atoms with Gasteiger partial charge in [-0.3, -0.25) is 5.41 Å². The van der Waals surface area contributed by atoms with Crippen molar-refractivity contribution in [3.8, 4) is 5.75 Å². The van der Waals surface area contributed by atoms with Crippen molar-refractivity contribution in [2.45, 2.75) is 18.7 Å². The topological polar surface area (TPSA) is 59.1 Å². The minimum absolute atomic E-state index is 0.0586. The Bertz CT molecular complexity index is 740. The third-order valence-corrected chi connectivity index (χ3v) is 3.63. The van der Waals surface area contributed by atoms with Crippen LogP contribution in [-0.2, 0) is 12.6 Å². The molecule has 1 heterocycles. The Kier molecular flexibility index (Phi) is 3.31. The Morgan fingerprint density at radius 1 is 1.18 bits per heavy atom. The predicted octanol–water partition coefficient (Wildman–Crippen LogP) is 3.67. The van der Waals surface area contributed by atoms with Crippen molar-refractivity contribution >= 4 is 5.84 Å². The molecule has 0 spiro atoms. The summed E-state index contributed by atoms with van der Waals surface area (Å²) in [6.07, 6.45) is -4.36. The van der Waals surface area contributed by atoms with Crippen LogP contribution in [0.15, 0.2) is 42.5 Å². The van der Waals surface area contributed by atoms with E-state index in [1.165, 1.54) is 6.07 Å². The predicted molar refractivity (Wildman–Crippen MR) is 76.0 cm³/mol. The highest BCUT2D eigenvalue weighted by Gasteiger charge is 2.33. The number of rotatable bonds is 2.